The van der Waals surface area contributed by atoms with E-state index in [1.165, 1.54) is 42.7 Å². The maximum atomic E-state index is 13.5. The molecule has 2 aliphatic heterocycles. The zero-order chi connectivity index (χ0) is 22.6. The summed E-state index contributed by atoms with van der Waals surface area (Å²) in [4.78, 5) is 2.62. The Balaban J connectivity index is 1.28. The highest BCUT2D eigenvalue weighted by molar-refractivity contribution is 5.48. The summed E-state index contributed by atoms with van der Waals surface area (Å²) in [6.45, 7) is 0.955. The molecule has 3 atom stereocenters. The molecule has 3 aromatic rings. The first-order chi connectivity index (χ1) is 16.2. The third kappa shape index (κ3) is 5.23. The molecule has 0 amide bonds. The Kier molecular flexibility index (Phi) is 6.65. The molecular weight excluding hydrogens is 416 g/mol. The second-order valence-electron chi connectivity index (χ2n) is 9.11. The molecule has 0 N–H and O–H groups in total. The van der Waals surface area contributed by atoms with E-state index in [2.05, 4.69) is 41.3 Å². The van der Waals surface area contributed by atoms with Crippen LogP contribution in [0.5, 0.6) is 0 Å². The van der Waals surface area contributed by atoms with Gasteiger partial charge in [-0.3, -0.25) is 4.90 Å². The SMILES string of the molecule is Fc1ccc(C(OC2C[C@H]3CC[C@@H](C2)N3C/C=C/c2ccccc2)c2ccc(F)cc2)cc1. The lowest BCUT2D eigenvalue weighted by molar-refractivity contribution is -0.0457. The van der Waals surface area contributed by atoms with Gasteiger partial charge in [-0.15, -0.1) is 0 Å². The van der Waals surface area contributed by atoms with Crippen molar-refractivity contribution >= 4 is 6.08 Å². The zero-order valence-electron chi connectivity index (χ0n) is 18.6. The minimum Gasteiger partial charge on any atom is -0.365 e. The van der Waals surface area contributed by atoms with Gasteiger partial charge in [-0.2, -0.15) is 0 Å². The van der Waals surface area contributed by atoms with Crippen molar-refractivity contribution in [3.05, 3.63) is 113 Å². The molecule has 5 rings (SSSR count). The number of piperidine rings is 1. The molecule has 1 unspecified atom stereocenters. The highest BCUT2D eigenvalue weighted by Gasteiger charge is 2.41. The van der Waals surface area contributed by atoms with E-state index in [-0.39, 0.29) is 23.8 Å². The Bertz CT molecular complexity index is 1010. The van der Waals surface area contributed by atoms with Gasteiger partial charge in [0.05, 0.1) is 6.10 Å². The van der Waals surface area contributed by atoms with Gasteiger partial charge < -0.3 is 4.74 Å². The number of fused-ring (bicyclic) bond motifs is 2. The molecule has 3 aromatic carbocycles. The molecule has 0 aliphatic carbocycles. The molecule has 2 aliphatic rings. The standard InChI is InChI=1S/C29H29F2NO/c30-24-12-8-22(9-13-24)29(23-10-14-25(31)15-11-23)33-28-19-26-16-17-27(20-28)32(26)18-4-7-21-5-2-1-3-6-21/h1-15,26-29H,16-20H2/b7-4+/t26-,27+,28?. The van der Waals surface area contributed by atoms with Crippen molar-refractivity contribution in [1.82, 2.24) is 4.90 Å². The van der Waals surface area contributed by atoms with Crippen LogP contribution in [0.3, 0.4) is 0 Å². The van der Waals surface area contributed by atoms with Gasteiger partial charge in [0, 0.05) is 18.6 Å². The second kappa shape index (κ2) is 9.98. The summed E-state index contributed by atoms with van der Waals surface area (Å²) >= 11 is 0. The van der Waals surface area contributed by atoms with Crippen LogP contribution in [0, 0.1) is 11.6 Å². The molecule has 170 valence electrons. The topological polar surface area (TPSA) is 12.5 Å². The number of hydrogen-bond donors (Lipinski definition) is 0. The third-order valence-electron chi connectivity index (χ3n) is 6.94. The van der Waals surface area contributed by atoms with E-state index in [0.29, 0.717) is 12.1 Å². The molecule has 2 heterocycles. The normalized spacial score (nSPS) is 22.9. The summed E-state index contributed by atoms with van der Waals surface area (Å²) in [6, 6.07) is 24.3. The highest BCUT2D eigenvalue weighted by atomic mass is 19.1. The first-order valence-corrected chi connectivity index (χ1v) is 11.8. The van der Waals surface area contributed by atoms with E-state index in [9.17, 15) is 8.78 Å². The minimum absolute atomic E-state index is 0.122. The fourth-order valence-corrected chi connectivity index (χ4v) is 5.33. The van der Waals surface area contributed by atoms with Crippen molar-refractivity contribution in [2.45, 2.75) is 50.0 Å². The summed E-state index contributed by atoms with van der Waals surface area (Å²) in [5.41, 5.74) is 3.01. The Labute approximate surface area is 194 Å². The van der Waals surface area contributed by atoms with Crippen molar-refractivity contribution < 1.29 is 13.5 Å². The van der Waals surface area contributed by atoms with Gasteiger partial charge in [0.15, 0.2) is 0 Å². The van der Waals surface area contributed by atoms with E-state index >= 15 is 0 Å². The molecule has 0 saturated carbocycles. The average molecular weight is 446 g/mol. The van der Waals surface area contributed by atoms with E-state index in [1.807, 2.05) is 6.07 Å². The zero-order valence-corrected chi connectivity index (χ0v) is 18.6. The molecule has 2 saturated heterocycles. The molecule has 2 nitrogen and oxygen atoms in total. The predicted octanol–water partition coefficient (Wildman–Crippen LogP) is 6.78. The lowest BCUT2D eigenvalue weighted by Crippen LogP contribution is -2.45. The smallest absolute Gasteiger partial charge is 0.123 e. The van der Waals surface area contributed by atoms with E-state index in [4.69, 9.17) is 4.74 Å². The molecule has 33 heavy (non-hydrogen) atoms. The summed E-state index contributed by atoms with van der Waals surface area (Å²) < 4.78 is 33.7. The highest BCUT2D eigenvalue weighted by Crippen LogP contribution is 2.39. The number of rotatable bonds is 7. The van der Waals surface area contributed by atoms with Crippen LogP contribution in [0.2, 0.25) is 0 Å². The van der Waals surface area contributed by atoms with Gasteiger partial charge in [0.2, 0.25) is 0 Å². The van der Waals surface area contributed by atoms with Crippen molar-refractivity contribution in [2.24, 2.45) is 0 Å². The maximum absolute atomic E-state index is 13.5. The average Bonchev–Trinajstić information content (AvgIpc) is 3.07. The molecule has 2 fully saturated rings. The second-order valence-corrected chi connectivity index (χ2v) is 9.11. The quantitative estimate of drug-likeness (QED) is 0.397. The van der Waals surface area contributed by atoms with E-state index in [0.717, 1.165) is 30.5 Å². The Morgan fingerprint density at radius 1 is 0.788 bits per heavy atom. The molecule has 4 heteroatoms. The fourth-order valence-electron chi connectivity index (χ4n) is 5.33. The van der Waals surface area contributed by atoms with Gasteiger partial charge in [-0.25, -0.2) is 8.78 Å². The van der Waals surface area contributed by atoms with Gasteiger partial charge >= 0.3 is 0 Å². The summed E-state index contributed by atoms with van der Waals surface area (Å²) in [5, 5.41) is 0. The van der Waals surface area contributed by atoms with Crippen LogP contribution < -0.4 is 0 Å². The number of halogens is 2. The van der Waals surface area contributed by atoms with Crippen LogP contribution in [-0.4, -0.2) is 29.6 Å². The third-order valence-corrected chi connectivity index (χ3v) is 6.94. The van der Waals surface area contributed by atoms with E-state index in [1.54, 1.807) is 24.3 Å². The summed E-state index contributed by atoms with van der Waals surface area (Å²) in [5.74, 6) is -0.543. The number of ether oxygens (including phenoxy) is 1. The molecule has 0 radical (unpaired) electrons. The molecular formula is C29H29F2NO. The van der Waals surface area contributed by atoms with E-state index < -0.39 is 0 Å². The van der Waals surface area contributed by atoms with Crippen molar-refractivity contribution in [3.63, 3.8) is 0 Å². The first kappa shape index (κ1) is 22.0. The summed E-state index contributed by atoms with van der Waals surface area (Å²) in [7, 11) is 0. The predicted molar refractivity (Wildman–Crippen MR) is 128 cm³/mol. The van der Waals surface area contributed by atoms with Crippen LogP contribution >= 0.6 is 0 Å². The monoisotopic (exact) mass is 445 g/mol. The maximum Gasteiger partial charge on any atom is 0.123 e. The Morgan fingerprint density at radius 3 is 1.88 bits per heavy atom. The number of hydrogen-bond acceptors (Lipinski definition) is 2. The lowest BCUT2D eigenvalue weighted by atomic mass is 9.97. The minimum atomic E-state index is -0.333. The van der Waals surface area contributed by atoms with Crippen LogP contribution in [0.4, 0.5) is 8.78 Å². The van der Waals surface area contributed by atoms with Gasteiger partial charge in [0.1, 0.15) is 17.7 Å². The van der Waals surface area contributed by atoms with Crippen molar-refractivity contribution in [1.29, 1.82) is 0 Å². The number of benzene rings is 3. The van der Waals surface area contributed by atoms with Crippen molar-refractivity contribution in [2.75, 3.05) is 6.54 Å². The first-order valence-electron chi connectivity index (χ1n) is 11.8. The van der Waals surface area contributed by atoms with Crippen LogP contribution in [-0.2, 0) is 4.74 Å². The van der Waals surface area contributed by atoms with Gasteiger partial charge in [-0.1, -0.05) is 66.7 Å². The lowest BCUT2D eigenvalue weighted by Gasteiger charge is -2.39. The van der Waals surface area contributed by atoms with Gasteiger partial charge in [-0.05, 0) is 66.6 Å². The largest absolute Gasteiger partial charge is 0.365 e. The summed E-state index contributed by atoms with van der Waals surface area (Å²) in [6.07, 6.45) is 8.60. The molecule has 0 aromatic heterocycles. The van der Waals surface area contributed by atoms with Crippen LogP contribution in [0.25, 0.3) is 6.08 Å². The Hall–Kier alpha value is -2.82. The van der Waals surface area contributed by atoms with Crippen LogP contribution in [0.1, 0.15) is 48.5 Å². The van der Waals surface area contributed by atoms with Crippen molar-refractivity contribution in [3.8, 4) is 0 Å². The number of nitrogens with zero attached hydrogens (tertiary/aromatic N) is 1. The molecule has 2 bridgehead atoms. The van der Waals surface area contributed by atoms with Crippen LogP contribution in [0.15, 0.2) is 84.9 Å². The molecule has 0 spiro atoms. The fraction of sp³-hybridized carbons (Fsp3) is 0.310. The van der Waals surface area contributed by atoms with Gasteiger partial charge in [0.25, 0.3) is 0 Å². The Morgan fingerprint density at radius 2 is 1.33 bits per heavy atom.